The monoisotopic (exact) mass is 269 g/mol. The smallest absolute Gasteiger partial charge is 0.265 e. The summed E-state index contributed by atoms with van der Waals surface area (Å²) in [6.07, 6.45) is 0.641. The SMILES string of the molecule is CC(C)CC(CO)NC(=O)Cn1[nH]c(=O)ccc1=O. The number of aromatic amines is 1. The number of aromatic nitrogens is 2. The average molecular weight is 269 g/mol. The van der Waals surface area contributed by atoms with E-state index in [9.17, 15) is 14.4 Å². The van der Waals surface area contributed by atoms with Crippen molar-refractivity contribution in [2.24, 2.45) is 5.92 Å². The summed E-state index contributed by atoms with van der Waals surface area (Å²) in [6.45, 7) is 3.52. The molecule has 3 N–H and O–H groups in total. The first kappa shape index (κ1) is 15.2. The van der Waals surface area contributed by atoms with Gasteiger partial charge in [0.25, 0.3) is 11.1 Å². The predicted octanol–water partition coefficient (Wildman–Crippen LogP) is -0.940. The molecule has 106 valence electrons. The van der Waals surface area contributed by atoms with E-state index in [1.165, 1.54) is 0 Å². The number of H-pyrrole nitrogens is 1. The van der Waals surface area contributed by atoms with Crippen LogP contribution in [0.3, 0.4) is 0 Å². The van der Waals surface area contributed by atoms with Gasteiger partial charge in [-0.3, -0.25) is 19.5 Å². The van der Waals surface area contributed by atoms with Crippen molar-refractivity contribution in [3.63, 3.8) is 0 Å². The lowest BCUT2D eigenvalue weighted by molar-refractivity contribution is -0.123. The van der Waals surface area contributed by atoms with E-state index in [1.54, 1.807) is 0 Å². The van der Waals surface area contributed by atoms with Gasteiger partial charge in [-0.1, -0.05) is 13.8 Å². The molecule has 0 saturated carbocycles. The summed E-state index contributed by atoms with van der Waals surface area (Å²) in [5.74, 6) is -0.0969. The first-order chi connectivity index (χ1) is 8.92. The third-order valence-electron chi connectivity index (χ3n) is 2.53. The fourth-order valence-electron chi connectivity index (χ4n) is 1.74. The van der Waals surface area contributed by atoms with E-state index in [-0.39, 0.29) is 19.2 Å². The number of carbonyl (C=O) groups is 1. The standard InChI is InChI=1S/C12H19N3O4/c1-8(2)5-9(7-16)13-11(18)6-15-12(19)4-3-10(17)14-15/h3-4,8-9,16H,5-7H2,1-2H3,(H,13,18)(H,14,17). The van der Waals surface area contributed by atoms with Gasteiger partial charge in [0, 0.05) is 12.1 Å². The van der Waals surface area contributed by atoms with Crippen molar-refractivity contribution >= 4 is 5.91 Å². The molecule has 0 aliphatic heterocycles. The van der Waals surface area contributed by atoms with Crippen LogP contribution in [-0.2, 0) is 11.3 Å². The number of nitrogens with one attached hydrogen (secondary N) is 2. The minimum atomic E-state index is -0.459. The van der Waals surface area contributed by atoms with Gasteiger partial charge < -0.3 is 10.4 Å². The Morgan fingerprint density at radius 2 is 2.11 bits per heavy atom. The van der Waals surface area contributed by atoms with Crippen LogP contribution in [0.1, 0.15) is 20.3 Å². The molecule has 1 rings (SSSR count). The first-order valence-electron chi connectivity index (χ1n) is 6.12. The van der Waals surface area contributed by atoms with Crippen LogP contribution in [0, 0.1) is 5.92 Å². The average Bonchev–Trinajstić information content (AvgIpc) is 2.32. The maximum atomic E-state index is 11.7. The molecular formula is C12H19N3O4. The van der Waals surface area contributed by atoms with Crippen LogP contribution in [0.25, 0.3) is 0 Å². The Morgan fingerprint density at radius 1 is 1.42 bits per heavy atom. The Morgan fingerprint density at radius 3 is 2.68 bits per heavy atom. The van der Waals surface area contributed by atoms with E-state index in [1.807, 2.05) is 13.8 Å². The van der Waals surface area contributed by atoms with Gasteiger partial charge in [0.2, 0.25) is 5.91 Å². The van der Waals surface area contributed by atoms with Gasteiger partial charge >= 0.3 is 0 Å². The minimum Gasteiger partial charge on any atom is -0.394 e. The summed E-state index contributed by atoms with van der Waals surface area (Å²) >= 11 is 0. The Balaban J connectivity index is 2.66. The Bertz CT molecular complexity index is 532. The van der Waals surface area contributed by atoms with Gasteiger partial charge in [-0.2, -0.15) is 0 Å². The van der Waals surface area contributed by atoms with Crippen LogP contribution < -0.4 is 16.4 Å². The van der Waals surface area contributed by atoms with E-state index in [0.717, 1.165) is 16.8 Å². The second-order valence-electron chi connectivity index (χ2n) is 4.81. The summed E-state index contributed by atoms with van der Waals surface area (Å²) in [4.78, 5) is 34.2. The fraction of sp³-hybridized carbons (Fsp3) is 0.583. The number of rotatable bonds is 6. The minimum absolute atomic E-state index is 0.163. The lowest BCUT2D eigenvalue weighted by Crippen LogP contribution is -2.42. The highest BCUT2D eigenvalue weighted by molar-refractivity contribution is 5.75. The number of nitrogens with zero attached hydrogens (tertiary/aromatic N) is 1. The largest absolute Gasteiger partial charge is 0.394 e. The van der Waals surface area contributed by atoms with Crippen LogP contribution >= 0.6 is 0 Å². The second-order valence-corrected chi connectivity index (χ2v) is 4.81. The van der Waals surface area contributed by atoms with E-state index < -0.39 is 17.0 Å². The van der Waals surface area contributed by atoms with Crippen LogP contribution in [0.2, 0.25) is 0 Å². The van der Waals surface area contributed by atoms with Crippen molar-refractivity contribution < 1.29 is 9.90 Å². The van der Waals surface area contributed by atoms with Gasteiger partial charge in [-0.25, -0.2) is 4.68 Å². The Labute approximate surface area is 110 Å². The molecule has 0 spiro atoms. The summed E-state index contributed by atoms with van der Waals surface area (Å²) in [5.41, 5.74) is -0.910. The summed E-state index contributed by atoms with van der Waals surface area (Å²) in [5, 5.41) is 14.0. The third kappa shape index (κ3) is 5.09. The van der Waals surface area contributed by atoms with Crippen molar-refractivity contribution in [3.05, 3.63) is 32.8 Å². The molecule has 1 aromatic rings. The third-order valence-corrected chi connectivity index (χ3v) is 2.53. The number of carbonyl (C=O) groups excluding carboxylic acids is 1. The molecule has 0 bridgehead atoms. The quantitative estimate of drug-likeness (QED) is 0.620. The zero-order valence-electron chi connectivity index (χ0n) is 11.0. The van der Waals surface area contributed by atoms with Crippen LogP contribution in [0.5, 0.6) is 0 Å². The van der Waals surface area contributed by atoms with E-state index >= 15 is 0 Å². The van der Waals surface area contributed by atoms with Gasteiger partial charge in [0.15, 0.2) is 0 Å². The molecule has 1 atom stereocenters. The first-order valence-corrected chi connectivity index (χ1v) is 6.12. The molecule has 0 radical (unpaired) electrons. The molecule has 0 aromatic carbocycles. The zero-order valence-corrected chi connectivity index (χ0v) is 11.0. The van der Waals surface area contributed by atoms with Crippen LogP contribution in [-0.4, -0.2) is 33.4 Å². The molecule has 1 heterocycles. The maximum Gasteiger partial charge on any atom is 0.265 e. The summed E-state index contributed by atoms with van der Waals surface area (Å²) in [7, 11) is 0. The van der Waals surface area contributed by atoms with E-state index in [2.05, 4.69) is 10.4 Å². The van der Waals surface area contributed by atoms with Crippen molar-refractivity contribution in [3.8, 4) is 0 Å². The molecule has 7 nitrogen and oxygen atoms in total. The van der Waals surface area contributed by atoms with E-state index in [4.69, 9.17) is 5.11 Å². The van der Waals surface area contributed by atoms with Crippen molar-refractivity contribution in [2.45, 2.75) is 32.9 Å². The number of aliphatic hydroxyl groups excluding tert-OH is 1. The highest BCUT2D eigenvalue weighted by atomic mass is 16.3. The number of aliphatic hydroxyl groups is 1. The highest BCUT2D eigenvalue weighted by Gasteiger charge is 2.13. The van der Waals surface area contributed by atoms with Gasteiger partial charge in [-0.05, 0) is 12.3 Å². The summed E-state index contributed by atoms with van der Waals surface area (Å²) in [6, 6.07) is 1.86. The normalized spacial score (nSPS) is 12.4. The van der Waals surface area contributed by atoms with Crippen LogP contribution in [0.15, 0.2) is 21.7 Å². The van der Waals surface area contributed by atoms with E-state index in [0.29, 0.717) is 12.3 Å². The molecule has 1 unspecified atom stereocenters. The predicted molar refractivity (Wildman–Crippen MR) is 69.8 cm³/mol. The number of hydrogen-bond donors (Lipinski definition) is 3. The Hall–Kier alpha value is -1.89. The molecule has 7 heteroatoms. The van der Waals surface area contributed by atoms with Crippen molar-refractivity contribution in [1.82, 2.24) is 15.1 Å². The van der Waals surface area contributed by atoms with Crippen LogP contribution in [0.4, 0.5) is 0 Å². The fourth-order valence-corrected chi connectivity index (χ4v) is 1.74. The molecule has 0 saturated heterocycles. The number of amides is 1. The second kappa shape index (κ2) is 6.89. The van der Waals surface area contributed by atoms with Gasteiger partial charge in [0.05, 0.1) is 12.6 Å². The molecular weight excluding hydrogens is 250 g/mol. The molecule has 1 amide bonds. The summed E-state index contributed by atoms with van der Waals surface area (Å²) < 4.78 is 0.932. The zero-order chi connectivity index (χ0) is 14.4. The molecule has 0 fully saturated rings. The lowest BCUT2D eigenvalue weighted by Gasteiger charge is -2.18. The van der Waals surface area contributed by atoms with Gasteiger partial charge in [-0.15, -0.1) is 0 Å². The molecule has 19 heavy (non-hydrogen) atoms. The lowest BCUT2D eigenvalue weighted by atomic mass is 10.0. The molecule has 0 aliphatic rings. The maximum absolute atomic E-state index is 11.7. The van der Waals surface area contributed by atoms with Crippen molar-refractivity contribution in [2.75, 3.05) is 6.61 Å². The molecule has 1 aromatic heterocycles. The Kier molecular flexibility index (Phi) is 5.50. The van der Waals surface area contributed by atoms with Crippen molar-refractivity contribution in [1.29, 1.82) is 0 Å². The number of hydrogen-bond acceptors (Lipinski definition) is 4. The highest BCUT2D eigenvalue weighted by Crippen LogP contribution is 2.03. The topological polar surface area (TPSA) is 104 Å². The molecule has 0 aliphatic carbocycles. The van der Waals surface area contributed by atoms with Gasteiger partial charge in [0.1, 0.15) is 6.54 Å².